The van der Waals surface area contributed by atoms with Gasteiger partial charge in [0, 0.05) is 23.7 Å². The van der Waals surface area contributed by atoms with Crippen molar-refractivity contribution in [2.24, 2.45) is 0 Å². The van der Waals surface area contributed by atoms with Crippen LogP contribution in [0.5, 0.6) is 0 Å². The molecular formula is C17H16FN3OS. The second-order valence-corrected chi connectivity index (χ2v) is 6.25. The summed E-state index contributed by atoms with van der Waals surface area (Å²) in [5, 5.41) is 5.81. The van der Waals surface area contributed by atoms with Gasteiger partial charge in [-0.3, -0.25) is 4.79 Å². The first-order valence-electron chi connectivity index (χ1n) is 7.25. The molecule has 2 heterocycles. The van der Waals surface area contributed by atoms with Crippen LogP contribution < -0.4 is 5.32 Å². The molecule has 6 heteroatoms. The Labute approximate surface area is 137 Å². The third kappa shape index (κ3) is 3.84. The lowest BCUT2D eigenvalue weighted by Crippen LogP contribution is -2.25. The normalized spacial score (nSPS) is 10.7. The van der Waals surface area contributed by atoms with Crippen molar-refractivity contribution < 1.29 is 9.18 Å². The summed E-state index contributed by atoms with van der Waals surface area (Å²) in [5.74, 6) is -0.417. The van der Waals surface area contributed by atoms with Gasteiger partial charge in [0.05, 0.1) is 10.7 Å². The number of thiazole rings is 1. The summed E-state index contributed by atoms with van der Waals surface area (Å²) in [5.41, 5.74) is 3.26. The average Bonchev–Trinajstić information content (AvgIpc) is 3.18. The average molecular weight is 329 g/mol. The number of nitrogens with zero attached hydrogens (tertiary/aromatic N) is 1. The summed E-state index contributed by atoms with van der Waals surface area (Å²) in [6.45, 7) is 2.44. The first kappa shape index (κ1) is 15.4. The van der Waals surface area contributed by atoms with Crippen LogP contribution in [0, 0.1) is 12.7 Å². The molecule has 0 aliphatic carbocycles. The number of nitrogens with one attached hydrogen (secondary N) is 2. The zero-order valence-corrected chi connectivity index (χ0v) is 13.4. The molecule has 0 spiro atoms. The fraction of sp³-hybridized carbons (Fsp3) is 0.176. The summed E-state index contributed by atoms with van der Waals surface area (Å²) in [7, 11) is 0. The van der Waals surface area contributed by atoms with E-state index in [4.69, 9.17) is 0 Å². The van der Waals surface area contributed by atoms with Gasteiger partial charge in [-0.05, 0) is 37.1 Å². The maximum absolute atomic E-state index is 12.8. The molecule has 4 nitrogen and oxygen atoms in total. The van der Waals surface area contributed by atoms with Gasteiger partial charge in [-0.15, -0.1) is 11.3 Å². The van der Waals surface area contributed by atoms with E-state index in [0.717, 1.165) is 21.8 Å². The van der Waals surface area contributed by atoms with E-state index in [0.29, 0.717) is 18.7 Å². The minimum atomic E-state index is -0.256. The predicted molar refractivity (Wildman–Crippen MR) is 89.1 cm³/mol. The molecule has 0 unspecified atom stereocenters. The Morgan fingerprint density at radius 2 is 2.13 bits per heavy atom. The zero-order valence-electron chi connectivity index (χ0n) is 12.6. The van der Waals surface area contributed by atoms with Gasteiger partial charge in [-0.2, -0.15) is 0 Å². The Morgan fingerprint density at radius 3 is 2.83 bits per heavy atom. The Balaban J connectivity index is 1.56. The van der Waals surface area contributed by atoms with Crippen LogP contribution in [0.2, 0.25) is 0 Å². The fourth-order valence-corrected chi connectivity index (χ4v) is 2.86. The number of halogens is 1. The maximum atomic E-state index is 12.8. The van der Waals surface area contributed by atoms with Crippen LogP contribution >= 0.6 is 11.3 Å². The van der Waals surface area contributed by atoms with Crippen molar-refractivity contribution in [3.8, 4) is 11.3 Å². The summed E-state index contributed by atoms with van der Waals surface area (Å²) in [4.78, 5) is 19.5. The molecule has 0 aliphatic rings. The monoisotopic (exact) mass is 329 g/mol. The van der Waals surface area contributed by atoms with Gasteiger partial charge in [0.15, 0.2) is 0 Å². The van der Waals surface area contributed by atoms with E-state index in [1.807, 2.05) is 12.3 Å². The third-order valence-corrected chi connectivity index (χ3v) is 4.23. The van der Waals surface area contributed by atoms with Gasteiger partial charge in [0.25, 0.3) is 5.91 Å². The molecule has 3 rings (SSSR count). The molecule has 0 fully saturated rings. The molecule has 0 saturated carbocycles. The van der Waals surface area contributed by atoms with Crippen LogP contribution in [0.1, 0.15) is 21.1 Å². The standard InChI is InChI=1S/C17H16FN3OS/c1-11-21-16(10-23-11)13-8-15(20-9-13)17(22)19-7-6-12-2-4-14(18)5-3-12/h2-5,8-10,20H,6-7H2,1H3,(H,19,22). The Hall–Kier alpha value is -2.47. The molecule has 3 aromatic rings. The van der Waals surface area contributed by atoms with Crippen LogP contribution in [0.25, 0.3) is 11.3 Å². The smallest absolute Gasteiger partial charge is 0.267 e. The number of hydrogen-bond donors (Lipinski definition) is 2. The summed E-state index contributed by atoms with van der Waals surface area (Å²) < 4.78 is 12.8. The molecule has 1 amide bonds. The number of rotatable bonds is 5. The summed E-state index contributed by atoms with van der Waals surface area (Å²) in [6, 6.07) is 8.08. The van der Waals surface area contributed by atoms with Crippen LogP contribution in [0.3, 0.4) is 0 Å². The molecule has 2 N–H and O–H groups in total. The molecular weight excluding hydrogens is 313 g/mol. The summed E-state index contributed by atoms with van der Waals surface area (Å²) >= 11 is 1.58. The van der Waals surface area contributed by atoms with E-state index >= 15 is 0 Å². The first-order valence-corrected chi connectivity index (χ1v) is 8.13. The largest absolute Gasteiger partial charge is 0.357 e. The number of aromatic nitrogens is 2. The van der Waals surface area contributed by atoms with E-state index in [9.17, 15) is 9.18 Å². The van der Waals surface area contributed by atoms with Crippen molar-refractivity contribution in [2.45, 2.75) is 13.3 Å². The van der Waals surface area contributed by atoms with Crippen molar-refractivity contribution in [1.82, 2.24) is 15.3 Å². The fourth-order valence-electron chi connectivity index (χ4n) is 2.24. The summed E-state index contributed by atoms with van der Waals surface area (Å²) in [6.07, 6.45) is 2.44. The Bertz CT molecular complexity index is 807. The number of carbonyl (C=O) groups is 1. The highest BCUT2D eigenvalue weighted by Gasteiger charge is 2.10. The number of amides is 1. The lowest BCUT2D eigenvalue weighted by molar-refractivity contribution is 0.0950. The molecule has 118 valence electrons. The highest BCUT2D eigenvalue weighted by atomic mass is 32.1. The van der Waals surface area contributed by atoms with E-state index in [2.05, 4.69) is 15.3 Å². The minimum Gasteiger partial charge on any atom is -0.357 e. The third-order valence-electron chi connectivity index (χ3n) is 3.45. The second-order valence-electron chi connectivity index (χ2n) is 5.19. The van der Waals surface area contributed by atoms with E-state index < -0.39 is 0 Å². The molecule has 1 aromatic carbocycles. The zero-order chi connectivity index (χ0) is 16.2. The van der Waals surface area contributed by atoms with Crippen molar-refractivity contribution in [2.75, 3.05) is 6.54 Å². The van der Waals surface area contributed by atoms with Crippen molar-refractivity contribution >= 4 is 17.2 Å². The number of H-pyrrole nitrogens is 1. The number of benzene rings is 1. The minimum absolute atomic E-state index is 0.162. The lowest BCUT2D eigenvalue weighted by atomic mass is 10.1. The molecule has 2 aromatic heterocycles. The second kappa shape index (κ2) is 6.75. The molecule has 0 bridgehead atoms. The van der Waals surface area contributed by atoms with Crippen molar-refractivity contribution in [3.05, 3.63) is 64.0 Å². The van der Waals surface area contributed by atoms with Crippen molar-refractivity contribution in [3.63, 3.8) is 0 Å². The van der Waals surface area contributed by atoms with Gasteiger partial charge >= 0.3 is 0 Å². The topological polar surface area (TPSA) is 57.8 Å². The van der Waals surface area contributed by atoms with E-state index in [1.54, 1.807) is 35.7 Å². The van der Waals surface area contributed by atoms with Gasteiger partial charge in [-0.1, -0.05) is 12.1 Å². The maximum Gasteiger partial charge on any atom is 0.267 e. The highest BCUT2D eigenvalue weighted by Crippen LogP contribution is 2.22. The molecule has 0 aliphatic heterocycles. The number of hydrogen-bond acceptors (Lipinski definition) is 3. The Kier molecular flexibility index (Phi) is 4.52. The number of aromatic amines is 1. The van der Waals surface area contributed by atoms with Gasteiger partial charge < -0.3 is 10.3 Å². The first-order chi connectivity index (χ1) is 11.1. The predicted octanol–water partition coefficient (Wildman–Crippen LogP) is 3.56. The van der Waals surface area contributed by atoms with E-state index in [1.165, 1.54) is 12.1 Å². The molecule has 0 radical (unpaired) electrons. The van der Waals surface area contributed by atoms with Crippen LogP contribution in [-0.4, -0.2) is 22.4 Å². The van der Waals surface area contributed by atoms with Crippen LogP contribution in [-0.2, 0) is 6.42 Å². The van der Waals surface area contributed by atoms with Crippen molar-refractivity contribution in [1.29, 1.82) is 0 Å². The molecule has 0 saturated heterocycles. The van der Waals surface area contributed by atoms with Crippen LogP contribution in [0.15, 0.2) is 41.9 Å². The van der Waals surface area contributed by atoms with Gasteiger partial charge in [0.2, 0.25) is 0 Å². The van der Waals surface area contributed by atoms with Gasteiger partial charge in [0.1, 0.15) is 11.5 Å². The number of carbonyl (C=O) groups excluding carboxylic acids is 1. The molecule has 23 heavy (non-hydrogen) atoms. The number of aryl methyl sites for hydroxylation is 1. The molecule has 0 atom stereocenters. The lowest BCUT2D eigenvalue weighted by Gasteiger charge is -2.04. The van der Waals surface area contributed by atoms with Gasteiger partial charge in [-0.25, -0.2) is 9.37 Å². The Morgan fingerprint density at radius 1 is 1.35 bits per heavy atom. The quantitative estimate of drug-likeness (QED) is 0.752. The highest BCUT2D eigenvalue weighted by molar-refractivity contribution is 7.09. The van der Waals surface area contributed by atoms with Crippen LogP contribution in [0.4, 0.5) is 4.39 Å². The van der Waals surface area contributed by atoms with E-state index in [-0.39, 0.29) is 11.7 Å². The SMILES string of the molecule is Cc1nc(-c2c[nH]c(C(=O)NCCc3ccc(F)cc3)c2)cs1.